The molecule has 0 fully saturated rings. The maximum Gasteiger partial charge on any atom is 0.358 e. The summed E-state index contributed by atoms with van der Waals surface area (Å²) in [5.41, 5.74) is 1.89. The number of nitrogens with zero attached hydrogens (tertiary/aromatic N) is 1. The summed E-state index contributed by atoms with van der Waals surface area (Å²) < 4.78 is 29.7. The third kappa shape index (κ3) is 5.86. The third-order valence-corrected chi connectivity index (χ3v) is 5.42. The molecule has 3 aromatic rings. The highest BCUT2D eigenvalue weighted by Crippen LogP contribution is 2.15. The number of hydrogen-bond acceptors (Lipinski definition) is 5. The lowest BCUT2D eigenvalue weighted by Gasteiger charge is -2.07. The molecule has 0 saturated carbocycles. The molecule has 5 nitrogen and oxygen atoms in total. The highest BCUT2D eigenvalue weighted by molar-refractivity contribution is 7.86. The fourth-order valence-electron chi connectivity index (χ4n) is 2.78. The van der Waals surface area contributed by atoms with Crippen LogP contribution in [-0.2, 0) is 14.4 Å². The molecule has 0 spiro atoms. The quantitative estimate of drug-likeness (QED) is 0.289. The number of ketones is 1. The van der Waals surface area contributed by atoms with Crippen LogP contribution < -0.4 is 0 Å². The second-order valence-corrected chi connectivity index (χ2v) is 7.92. The summed E-state index contributed by atoms with van der Waals surface area (Å²) >= 11 is 0. The van der Waals surface area contributed by atoms with Gasteiger partial charge in [-0.05, 0) is 30.5 Å². The second kappa shape index (κ2) is 9.80. The summed E-state index contributed by atoms with van der Waals surface area (Å²) in [5.74, 6) is 0.0378. The Balaban J connectivity index is 1.72. The lowest BCUT2D eigenvalue weighted by Crippen LogP contribution is -2.08. The average Bonchev–Trinajstić information content (AvgIpc) is 2.77. The van der Waals surface area contributed by atoms with Crippen LogP contribution in [0.3, 0.4) is 0 Å². The minimum Gasteiger partial charge on any atom is -0.294 e. The zero-order valence-corrected chi connectivity index (χ0v) is 16.6. The Labute approximate surface area is 170 Å². The van der Waals surface area contributed by atoms with E-state index in [0.29, 0.717) is 30.5 Å². The molecule has 0 aliphatic heterocycles. The van der Waals surface area contributed by atoms with E-state index < -0.39 is 10.1 Å². The van der Waals surface area contributed by atoms with Gasteiger partial charge >= 0.3 is 10.1 Å². The fraction of sp³-hybridized carbons (Fsp3) is 0.130. The van der Waals surface area contributed by atoms with Crippen LogP contribution in [0, 0.1) is 0 Å². The number of rotatable bonds is 9. The molecule has 0 bridgehead atoms. The van der Waals surface area contributed by atoms with Gasteiger partial charge in [-0.1, -0.05) is 84.0 Å². The molecule has 0 aliphatic rings. The van der Waals surface area contributed by atoms with Gasteiger partial charge in [-0.15, -0.1) is 0 Å². The predicted molar refractivity (Wildman–Crippen MR) is 112 cm³/mol. The van der Waals surface area contributed by atoms with Crippen LogP contribution in [0.5, 0.6) is 0 Å². The van der Waals surface area contributed by atoms with E-state index in [9.17, 15) is 13.2 Å². The van der Waals surface area contributed by atoms with E-state index in [-0.39, 0.29) is 10.7 Å². The number of hydrogen-bond donors (Lipinski definition) is 0. The predicted octanol–water partition coefficient (Wildman–Crippen LogP) is 4.85. The molecule has 0 radical (unpaired) electrons. The maximum absolute atomic E-state index is 12.4. The lowest BCUT2D eigenvalue weighted by atomic mass is 10.0. The summed E-state index contributed by atoms with van der Waals surface area (Å²) in [5, 5.41) is 3.93. The normalized spacial score (nSPS) is 11.8. The van der Waals surface area contributed by atoms with Gasteiger partial charge in [0.1, 0.15) is 4.90 Å². The van der Waals surface area contributed by atoms with Crippen LogP contribution in [0.4, 0.5) is 0 Å². The Bertz CT molecular complexity index is 1060. The van der Waals surface area contributed by atoms with Gasteiger partial charge in [-0.3, -0.25) is 9.08 Å². The molecule has 0 aliphatic carbocycles. The molecule has 0 unspecified atom stereocenters. The Morgan fingerprint density at radius 3 is 1.83 bits per heavy atom. The van der Waals surface area contributed by atoms with Crippen molar-refractivity contribution in [2.45, 2.75) is 24.2 Å². The van der Waals surface area contributed by atoms with E-state index in [1.54, 1.807) is 30.3 Å². The molecule has 3 rings (SSSR count). The molecule has 29 heavy (non-hydrogen) atoms. The zero-order chi connectivity index (χ0) is 20.5. The van der Waals surface area contributed by atoms with Crippen molar-refractivity contribution in [2.75, 3.05) is 0 Å². The summed E-state index contributed by atoms with van der Waals surface area (Å²) in [4.78, 5) is 12.3. The van der Waals surface area contributed by atoms with Crippen molar-refractivity contribution in [1.29, 1.82) is 0 Å². The van der Waals surface area contributed by atoms with Crippen LogP contribution in [-0.4, -0.2) is 19.9 Å². The Morgan fingerprint density at radius 2 is 1.24 bits per heavy atom. The first kappa shape index (κ1) is 20.5. The smallest absolute Gasteiger partial charge is 0.294 e. The highest BCUT2D eigenvalue weighted by atomic mass is 32.2. The lowest BCUT2D eigenvalue weighted by molar-refractivity contribution is 0.0980. The number of Topliss-reactive ketones (excluding diaryl/α,β-unsaturated/α-hetero) is 1. The fourth-order valence-corrected chi connectivity index (χ4v) is 3.55. The summed E-state index contributed by atoms with van der Waals surface area (Å²) in [6.07, 6.45) is 1.27. The molecule has 3 aromatic carbocycles. The second-order valence-electron chi connectivity index (χ2n) is 6.39. The molecule has 0 atom stereocenters. The van der Waals surface area contributed by atoms with Crippen molar-refractivity contribution in [3.05, 3.63) is 102 Å². The molecule has 0 N–H and O–H groups in total. The largest absolute Gasteiger partial charge is 0.358 e. The van der Waals surface area contributed by atoms with Crippen molar-refractivity contribution in [3.8, 4) is 0 Å². The van der Waals surface area contributed by atoms with Gasteiger partial charge < -0.3 is 0 Å². The third-order valence-electron chi connectivity index (χ3n) is 4.30. The van der Waals surface area contributed by atoms with Gasteiger partial charge in [0, 0.05) is 12.0 Å². The van der Waals surface area contributed by atoms with Crippen molar-refractivity contribution in [2.24, 2.45) is 5.16 Å². The van der Waals surface area contributed by atoms with Gasteiger partial charge in [0.2, 0.25) is 0 Å². The molecular weight excluding hydrogens is 386 g/mol. The van der Waals surface area contributed by atoms with E-state index in [1.807, 2.05) is 48.5 Å². The number of oxime groups is 1. The van der Waals surface area contributed by atoms with Crippen molar-refractivity contribution in [3.63, 3.8) is 0 Å². The average molecular weight is 407 g/mol. The van der Waals surface area contributed by atoms with Crippen LogP contribution in [0.15, 0.2) is 101 Å². The van der Waals surface area contributed by atoms with Gasteiger partial charge in [0.05, 0.1) is 5.71 Å². The van der Waals surface area contributed by atoms with Crippen molar-refractivity contribution < 1.29 is 17.5 Å². The molecular formula is C23H21NO4S. The van der Waals surface area contributed by atoms with Crippen LogP contribution in [0.1, 0.15) is 35.2 Å². The summed E-state index contributed by atoms with van der Waals surface area (Å²) in [6, 6.07) is 26.1. The highest BCUT2D eigenvalue weighted by Gasteiger charge is 2.16. The van der Waals surface area contributed by atoms with E-state index in [1.165, 1.54) is 12.1 Å². The monoisotopic (exact) mass is 407 g/mol. The van der Waals surface area contributed by atoms with Crippen molar-refractivity contribution in [1.82, 2.24) is 0 Å². The first-order chi connectivity index (χ1) is 14.1. The Hall–Kier alpha value is -3.25. The van der Waals surface area contributed by atoms with Gasteiger partial charge in [-0.2, -0.15) is 8.42 Å². The van der Waals surface area contributed by atoms with Gasteiger partial charge in [-0.25, -0.2) is 0 Å². The number of carbonyl (C=O) groups is 1. The summed E-state index contributed by atoms with van der Waals surface area (Å²) in [6.45, 7) is 0. The zero-order valence-electron chi connectivity index (χ0n) is 15.8. The van der Waals surface area contributed by atoms with E-state index in [2.05, 4.69) is 5.16 Å². The number of carbonyl (C=O) groups excluding carboxylic acids is 1. The van der Waals surface area contributed by atoms with Gasteiger partial charge in [0.15, 0.2) is 5.78 Å². The van der Waals surface area contributed by atoms with E-state index in [0.717, 1.165) is 5.56 Å². The Kier molecular flexibility index (Phi) is 6.92. The molecule has 0 saturated heterocycles. The van der Waals surface area contributed by atoms with Crippen LogP contribution in [0.25, 0.3) is 0 Å². The first-order valence-corrected chi connectivity index (χ1v) is 10.7. The first-order valence-electron chi connectivity index (χ1n) is 9.25. The van der Waals surface area contributed by atoms with E-state index >= 15 is 0 Å². The maximum atomic E-state index is 12.4. The molecule has 0 amide bonds. The van der Waals surface area contributed by atoms with Crippen LogP contribution in [0.2, 0.25) is 0 Å². The molecule has 6 heteroatoms. The molecule has 0 aromatic heterocycles. The topological polar surface area (TPSA) is 72.8 Å². The minimum atomic E-state index is -4.00. The van der Waals surface area contributed by atoms with E-state index in [4.69, 9.17) is 4.28 Å². The molecule has 0 heterocycles. The van der Waals surface area contributed by atoms with Crippen LogP contribution >= 0.6 is 0 Å². The standard InChI is InChI=1S/C23H21NO4S/c25-23(20-13-6-2-7-14-20)18-10-17-22(19-11-4-1-5-12-19)24-28-29(26,27)21-15-8-3-9-16-21/h1-9,11-16H,10,17-18H2. The van der Waals surface area contributed by atoms with Crippen molar-refractivity contribution >= 4 is 21.6 Å². The Morgan fingerprint density at radius 1 is 0.724 bits per heavy atom. The minimum absolute atomic E-state index is 0.0374. The molecule has 148 valence electrons. The SMILES string of the molecule is O=C(CCCC(=NOS(=O)(=O)c1ccccc1)c1ccccc1)c1ccccc1. The number of benzene rings is 3. The van der Waals surface area contributed by atoms with Gasteiger partial charge in [0.25, 0.3) is 0 Å². The summed E-state index contributed by atoms with van der Waals surface area (Å²) in [7, 11) is -4.00.